The van der Waals surface area contributed by atoms with Gasteiger partial charge in [-0.2, -0.15) is 0 Å². The fraction of sp³-hybridized carbons (Fsp3) is 0.286. The summed E-state index contributed by atoms with van der Waals surface area (Å²) in [5.41, 5.74) is 1.97. The van der Waals surface area contributed by atoms with Crippen LogP contribution < -0.4 is 0 Å². The van der Waals surface area contributed by atoms with Crippen LogP contribution in [0.3, 0.4) is 0 Å². The van der Waals surface area contributed by atoms with Gasteiger partial charge >= 0.3 is 0 Å². The minimum atomic E-state index is -3.29. The Kier molecular flexibility index (Phi) is 3.95. The summed E-state index contributed by atoms with van der Waals surface area (Å²) in [4.78, 5) is 8.24. The Morgan fingerprint density at radius 3 is 2.37 bits per heavy atom. The molecule has 0 saturated carbocycles. The molecule has 4 nitrogen and oxygen atoms in total. The molecule has 0 saturated heterocycles. The van der Waals surface area contributed by atoms with Gasteiger partial charge in [0.15, 0.2) is 9.84 Å². The molecule has 0 aliphatic heterocycles. The highest BCUT2D eigenvalue weighted by atomic mass is 32.2. The zero-order valence-electron chi connectivity index (χ0n) is 10.9. The van der Waals surface area contributed by atoms with E-state index in [2.05, 4.69) is 9.97 Å². The van der Waals surface area contributed by atoms with Crippen LogP contribution in [0.5, 0.6) is 0 Å². The lowest BCUT2D eigenvalue weighted by Crippen LogP contribution is -2.15. The highest BCUT2D eigenvalue weighted by Gasteiger charge is 2.25. The minimum absolute atomic E-state index is 0.0189. The topological polar surface area (TPSA) is 59.9 Å². The van der Waals surface area contributed by atoms with E-state index in [1.807, 2.05) is 30.3 Å². The maximum absolute atomic E-state index is 12.4. The first-order valence-electron chi connectivity index (χ1n) is 6.03. The number of sulfone groups is 1. The second-order valence-corrected chi connectivity index (χ2v) is 6.78. The van der Waals surface area contributed by atoms with Gasteiger partial charge in [0.1, 0.15) is 5.25 Å². The average Bonchev–Trinajstić information content (AvgIpc) is 2.39. The van der Waals surface area contributed by atoms with Crippen molar-refractivity contribution in [3.05, 3.63) is 59.7 Å². The van der Waals surface area contributed by atoms with Crippen molar-refractivity contribution in [2.75, 3.05) is 0 Å². The molecular formula is C14H16N2O2S. The second kappa shape index (κ2) is 5.48. The van der Waals surface area contributed by atoms with Gasteiger partial charge in [0.2, 0.25) is 0 Å². The molecule has 2 aromatic rings. The van der Waals surface area contributed by atoms with Gasteiger partial charge in [-0.25, -0.2) is 8.42 Å². The van der Waals surface area contributed by atoms with Gasteiger partial charge in [-0.05, 0) is 19.4 Å². The van der Waals surface area contributed by atoms with Crippen molar-refractivity contribution in [2.45, 2.75) is 24.9 Å². The van der Waals surface area contributed by atoms with Crippen LogP contribution in [0, 0.1) is 6.92 Å². The standard InChI is InChI=1S/C14H16N2O2S/c1-11-14(16-9-8-15-11)12(2)19(17,18)10-13-6-4-3-5-7-13/h3-9,12H,10H2,1-2H3. The van der Waals surface area contributed by atoms with E-state index in [0.29, 0.717) is 11.4 Å². The Bertz CT molecular complexity index is 654. The van der Waals surface area contributed by atoms with Crippen molar-refractivity contribution >= 4 is 9.84 Å². The predicted octanol–water partition coefficient (Wildman–Crippen LogP) is 2.46. The molecule has 1 atom stereocenters. The molecule has 0 N–H and O–H groups in total. The van der Waals surface area contributed by atoms with Gasteiger partial charge < -0.3 is 0 Å². The van der Waals surface area contributed by atoms with Crippen molar-refractivity contribution in [1.29, 1.82) is 0 Å². The lowest BCUT2D eigenvalue weighted by molar-refractivity contribution is 0.583. The lowest BCUT2D eigenvalue weighted by atomic mass is 10.2. The first-order chi connectivity index (χ1) is 9.00. The van der Waals surface area contributed by atoms with Gasteiger partial charge in [-0.15, -0.1) is 0 Å². The summed E-state index contributed by atoms with van der Waals surface area (Å²) in [6, 6.07) is 9.17. The number of hydrogen-bond donors (Lipinski definition) is 0. The molecule has 5 heteroatoms. The molecule has 100 valence electrons. The SMILES string of the molecule is Cc1nccnc1C(C)S(=O)(=O)Cc1ccccc1. The summed E-state index contributed by atoms with van der Waals surface area (Å²) in [5.74, 6) is 0.0189. The molecule has 2 rings (SSSR count). The van der Waals surface area contributed by atoms with Crippen LogP contribution >= 0.6 is 0 Å². The van der Waals surface area contributed by atoms with Crippen molar-refractivity contribution in [3.63, 3.8) is 0 Å². The Morgan fingerprint density at radius 1 is 1.11 bits per heavy atom. The molecular weight excluding hydrogens is 260 g/mol. The second-order valence-electron chi connectivity index (χ2n) is 4.46. The average molecular weight is 276 g/mol. The number of aryl methyl sites for hydroxylation is 1. The van der Waals surface area contributed by atoms with E-state index in [4.69, 9.17) is 0 Å². The maximum Gasteiger partial charge on any atom is 0.162 e. The summed E-state index contributed by atoms with van der Waals surface area (Å²) in [7, 11) is -3.29. The molecule has 1 heterocycles. The van der Waals surface area contributed by atoms with Gasteiger partial charge in [0, 0.05) is 12.4 Å². The Hall–Kier alpha value is -1.75. The van der Waals surface area contributed by atoms with E-state index >= 15 is 0 Å². The van der Waals surface area contributed by atoms with E-state index < -0.39 is 15.1 Å². The Labute approximate surface area is 113 Å². The van der Waals surface area contributed by atoms with Crippen molar-refractivity contribution in [1.82, 2.24) is 9.97 Å². The molecule has 0 aliphatic carbocycles. The number of nitrogens with zero attached hydrogens (tertiary/aromatic N) is 2. The Balaban J connectivity index is 2.28. The van der Waals surface area contributed by atoms with E-state index in [1.54, 1.807) is 20.0 Å². The number of aromatic nitrogens is 2. The number of benzene rings is 1. The summed E-state index contributed by atoms with van der Waals surface area (Å²) < 4.78 is 24.8. The van der Waals surface area contributed by atoms with Crippen LogP contribution in [-0.2, 0) is 15.6 Å². The molecule has 0 amide bonds. The van der Waals surface area contributed by atoms with E-state index in [0.717, 1.165) is 5.56 Å². The minimum Gasteiger partial charge on any atom is -0.258 e. The third kappa shape index (κ3) is 3.17. The predicted molar refractivity (Wildman–Crippen MR) is 74.2 cm³/mol. The highest BCUT2D eigenvalue weighted by molar-refractivity contribution is 7.90. The molecule has 0 spiro atoms. The van der Waals surface area contributed by atoms with Gasteiger partial charge in [-0.3, -0.25) is 9.97 Å². The Morgan fingerprint density at radius 2 is 1.74 bits per heavy atom. The van der Waals surface area contributed by atoms with Gasteiger partial charge in [-0.1, -0.05) is 30.3 Å². The normalized spacial score (nSPS) is 13.2. The lowest BCUT2D eigenvalue weighted by Gasteiger charge is -2.13. The zero-order chi connectivity index (χ0) is 13.9. The number of rotatable bonds is 4. The van der Waals surface area contributed by atoms with Crippen molar-refractivity contribution in [2.24, 2.45) is 0 Å². The van der Waals surface area contributed by atoms with Crippen LogP contribution in [0.15, 0.2) is 42.7 Å². The van der Waals surface area contributed by atoms with Crippen molar-refractivity contribution in [3.8, 4) is 0 Å². The first-order valence-corrected chi connectivity index (χ1v) is 7.75. The van der Waals surface area contributed by atoms with Gasteiger partial charge in [0.05, 0.1) is 17.1 Å². The van der Waals surface area contributed by atoms with E-state index in [9.17, 15) is 8.42 Å². The highest BCUT2D eigenvalue weighted by Crippen LogP contribution is 2.24. The first kappa shape index (κ1) is 13.7. The van der Waals surface area contributed by atoms with E-state index in [-0.39, 0.29) is 5.75 Å². The van der Waals surface area contributed by atoms with Crippen molar-refractivity contribution < 1.29 is 8.42 Å². The number of hydrogen-bond acceptors (Lipinski definition) is 4. The van der Waals surface area contributed by atoms with Crippen LogP contribution in [-0.4, -0.2) is 18.4 Å². The fourth-order valence-electron chi connectivity index (χ4n) is 1.92. The summed E-state index contributed by atoms with van der Waals surface area (Å²) in [5, 5.41) is -0.651. The molecule has 1 unspecified atom stereocenters. The monoisotopic (exact) mass is 276 g/mol. The summed E-state index contributed by atoms with van der Waals surface area (Å²) in [6.45, 7) is 3.44. The van der Waals surface area contributed by atoms with Crippen LogP contribution in [0.2, 0.25) is 0 Å². The third-order valence-electron chi connectivity index (χ3n) is 3.05. The van der Waals surface area contributed by atoms with Gasteiger partial charge in [0.25, 0.3) is 0 Å². The largest absolute Gasteiger partial charge is 0.258 e. The fourth-order valence-corrected chi connectivity index (χ4v) is 3.40. The molecule has 0 aliphatic rings. The smallest absolute Gasteiger partial charge is 0.162 e. The van der Waals surface area contributed by atoms with E-state index in [1.165, 1.54) is 6.20 Å². The molecule has 19 heavy (non-hydrogen) atoms. The molecule has 0 fully saturated rings. The zero-order valence-corrected chi connectivity index (χ0v) is 11.8. The third-order valence-corrected chi connectivity index (χ3v) is 5.09. The van der Waals surface area contributed by atoms with Crippen LogP contribution in [0.1, 0.15) is 29.1 Å². The van der Waals surface area contributed by atoms with Crippen LogP contribution in [0.4, 0.5) is 0 Å². The molecule has 0 bridgehead atoms. The molecule has 1 aromatic heterocycles. The molecule has 0 radical (unpaired) electrons. The maximum atomic E-state index is 12.4. The van der Waals surface area contributed by atoms with Crippen LogP contribution in [0.25, 0.3) is 0 Å². The summed E-state index contributed by atoms with van der Waals surface area (Å²) in [6.07, 6.45) is 3.09. The quantitative estimate of drug-likeness (QED) is 0.860. The molecule has 1 aromatic carbocycles. The summed E-state index contributed by atoms with van der Waals surface area (Å²) >= 11 is 0.